The molecule has 94 valence electrons. The Balaban J connectivity index is 1.98. The Kier molecular flexibility index (Phi) is 4.54. The first-order valence-corrected chi connectivity index (χ1v) is 6.44. The number of benzene rings is 1. The third kappa shape index (κ3) is 3.53. The topological polar surface area (TPSA) is 49.5 Å². The van der Waals surface area contributed by atoms with Gasteiger partial charge in [-0.2, -0.15) is 0 Å². The van der Waals surface area contributed by atoms with Gasteiger partial charge in [0.25, 0.3) is 0 Å². The molecular weight excluding hydrogens is 212 g/mol. The number of nitrogens with two attached hydrogens (primary N) is 1. The van der Waals surface area contributed by atoms with Crippen LogP contribution in [0.3, 0.4) is 0 Å². The van der Waals surface area contributed by atoms with Crippen LogP contribution in [0.5, 0.6) is 0 Å². The SMILES string of the molecule is NC1CCN(Cc2ccccc2)C(CCO)C1. The van der Waals surface area contributed by atoms with Gasteiger partial charge in [-0.05, 0) is 24.8 Å². The highest BCUT2D eigenvalue weighted by atomic mass is 16.3. The summed E-state index contributed by atoms with van der Waals surface area (Å²) < 4.78 is 0. The first-order valence-electron chi connectivity index (χ1n) is 6.44. The largest absolute Gasteiger partial charge is 0.396 e. The van der Waals surface area contributed by atoms with E-state index in [2.05, 4.69) is 29.2 Å². The summed E-state index contributed by atoms with van der Waals surface area (Å²) in [5.74, 6) is 0. The molecule has 2 rings (SSSR count). The molecule has 1 aliphatic rings. The Labute approximate surface area is 103 Å². The molecule has 2 unspecified atom stereocenters. The van der Waals surface area contributed by atoms with E-state index < -0.39 is 0 Å². The molecule has 0 bridgehead atoms. The average molecular weight is 234 g/mol. The third-order valence-corrected chi connectivity index (χ3v) is 3.57. The molecule has 0 spiro atoms. The van der Waals surface area contributed by atoms with Gasteiger partial charge in [0.15, 0.2) is 0 Å². The molecule has 1 aliphatic heterocycles. The molecule has 0 aromatic heterocycles. The van der Waals surface area contributed by atoms with E-state index in [4.69, 9.17) is 10.8 Å². The van der Waals surface area contributed by atoms with Crippen LogP contribution in [0.15, 0.2) is 30.3 Å². The summed E-state index contributed by atoms with van der Waals surface area (Å²) in [6.45, 7) is 2.27. The summed E-state index contributed by atoms with van der Waals surface area (Å²) in [6.07, 6.45) is 2.91. The second kappa shape index (κ2) is 6.15. The third-order valence-electron chi connectivity index (χ3n) is 3.57. The van der Waals surface area contributed by atoms with E-state index in [0.717, 1.165) is 32.4 Å². The molecule has 1 fully saturated rings. The number of hydrogen-bond donors (Lipinski definition) is 2. The van der Waals surface area contributed by atoms with Crippen molar-refractivity contribution in [3.8, 4) is 0 Å². The lowest BCUT2D eigenvalue weighted by atomic mass is 9.95. The smallest absolute Gasteiger partial charge is 0.0445 e. The van der Waals surface area contributed by atoms with Gasteiger partial charge in [-0.15, -0.1) is 0 Å². The van der Waals surface area contributed by atoms with Crippen molar-refractivity contribution in [2.75, 3.05) is 13.2 Å². The lowest BCUT2D eigenvalue weighted by molar-refractivity contribution is 0.103. The number of nitrogens with zero attached hydrogens (tertiary/aromatic N) is 1. The molecule has 1 saturated heterocycles. The van der Waals surface area contributed by atoms with Crippen LogP contribution in [-0.2, 0) is 6.54 Å². The monoisotopic (exact) mass is 234 g/mol. The molecule has 3 N–H and O–H groups in total. The maximum atomic E-state index is 9.12. The van der Waals surface area contributed by atoms with Crippen LogP contribution in [0.25, 0.3) is 0 Å². The first kappa shape index (κ1) is 12.6. The van der Waals surface area contributed by atoms with Crippen LogP contribution in [0, 0.1) is 0 Å². The van der Waals surface area contributed by atoms with E-state index in [0.29, 0.717) is 12.1 Å². The Morgan fingerprint density at radius 2 is 2.06 bits per heavy atom. The average Bonchev–Trinajstić information content (AvgIpc) is 2.34. The molecule has 0 radical (unpaired) electrons. The lowest BCUT2D eigenvalue weighted by Gasteiger charge is -2.38. The minimum absolute atomic E-state index is 0.253. The van der Waals surface area contributed by atoms with E-state index in [1.807, 2.05) is 6.07 Å². The molecule has 3 heteroatoms. The fraction of sp³-hybridized carbons (Fsp3) is 0.571. The normalized spacial score (nSPS) is 26.0. The standard InChI is InChI=1S/C14H22N2O/c15-13-6-8-16(14(10-13)7-9-17)11-12-4-2-1-3-5-12/h1-5,13-14,17H,6-11,15H2. The fourth-order valence-electron chi connectivity index (χ4n) is 2.61. The molecule has 1 aromatic rings. The molecule has 17 heavy (non-hydrogen) atoms. The van der Waals surface area contributed by atoms with Gasteiger partial charge in [-0.3, -0.25) is 4.90 Å². The second-order valence-electron chi connectivity index (χ2n) is 4.91. The van der Waals surface area contributed by atoms with Gasteiger partial charge < -0.3 is 10.8 Å². The van der Waals surface area contributed by atoms with E-state index >= 15 is 0 Å². The van der Waals surface area contributed by atoms with Gasteiger partial charge in [-0.1, -0.05) is 30.3 Å². The minimum atomic E-state index is 0.253. The molecule has 1 aromatic carbocycles. The Hall–Kier alpha value is -0.900. The predicted octanol–water partition coefficient (Wildman–Crippen LogP) is 1.36. The lowest BCUT2D eigenvalue weighted by Crippen LogP contribution is -2.46. The number of hydrogen-bond acceptors (Lipinski definition) is 3. The van der Waals surface area contributed by atoms with E-state index in [1.54, 1.807) is 0 Å². The summed E-state index contributed by atoms with van der Waals surface area (Å²) >= 11 is 0. The summed E-state index contributed by atoms with van der Waals surface area (Å²) in [6, 6.07) is 11.2. The zero-order valence-electron chi connectivity index (χ0n) is 10.3. The van der Waals surface area contributed by atoms with Crippen molar-refractivity contribution in [3.63, 3.8) is 0 Å². The molecule has 0 saturated carbocycles. The van der Waals surface area contributed by atoms with E-state index in [-0.39, 0.29) is 6.61 Å². The van der Waals surface area contributed by atoms with Crippen LogP contribution in [0.1, 0.15) is 24.8 Å². The minimum Gasteiger partial charge on any atom is -0.396 e. The number of rotatable bonds is 4. The molecule has 0 aliphatic carbocycles. The highest BCUT2D eigenvalue weighted by Gasteiger charge is 2.25. The molecule has 2 atom stereocenters. The van der Waals surface area contributed by atoms with Crippen LogP contribution in [0.2, 0.25) is 0 Å². The number of aliphatic hydroxyl groups is 1. The van der Waals surface area contributed by atoms with Crippen LogP contribution in [0.4, 0.5) is 0 Å². The van der Waals surface area contributed by atoms with Gasteiger partial charge in [-0.25, -0.2) is 0 Å². The Bertz CT molecular complexity index is 328. The van der Waals surface area contributed by atoms with Crippen molar-refractivity contribution in [3.05, 3.63) is 35.9 Å². The molecule has 3 nitrogen and oxygen atoms in total. The van der Waals surface area contributed by atoms with Crippen molar-refractivity contribution < 1.29 is 5.11 Å². The second-order valence-corrected chi connectivity index (χ2v) is 4.91. The van der Waals surface area contributed by atoms with Crippen molar-refractivity contribution in [2.45, 2.75) is 37.9 Å². The van der Waals surface area contributed by atoms with Crippen molar-refractivity contribution >= 4 is 0 Å². The Morgan fingerprint density at radius 3 is 2.76 bits per heavy atom. The highest BCUT2D eigenvalue weighted by Crippen LogP contribution is 2.21. The summed E-state index contributed by atoms with van der Waals surface area (Å²) in [5, 5.41) is 9.12. The van der Waals surface area contributed by atoms with Gasteiger partial charge >= 0.3 is 0 Å². The highest BCUT2D eigenvalue weighted by molar-refractivity contribution is 5.14. The van der Waals surface area contributed by atoms with Gasteiger partial charge in [0.05, 0.1) is 0 Å². The number of piperidine rings is 1. The zero-order chi connectivity index (χ0) is 12.1. The van der Waals surface area contributed by atoms with Gasteiger partial charge in [0.1, 0.15) is 0 Å². The van der Waals surface area contributed by atoms with Crippen molar-refractivity contribution in [2.24, 2.45) is 5.73 Å². The Morgan fingerprint density at radius 1 is 1.29 bits per heavy atom. The quantitative estimate of drug-likeness (QED) is 0.827. The van der Waals surface area contributed by atoms with Crippen molar-refractivity contribution in [1.29, 1.82) is 0 Å². The zero-order valence-corrected chi connectivity index (χ0v) is 10.3. The molecule has 0 amide bonds. The van der Waals surface area contributed by atoms with E-state index in [1.165, 1.54) is 5.56 Å². The maximum absolute atomic E-state index is 9.12. The van der Waals surface area contributed by atoms with E-state index in [9.17, 15) is 0 Å². The molecular formula is C14H22N2O. The first-order chi connectivity index (χ1) is 8.29. The summed E-state index contributed by atoms with van der Waals surface area (Å²) in [7, 11) is 0. The van der Waals surface area contributed by atoms with Crippen LogP contribution in [-0.4, -0.2) is 35.2 Å². The molecule has 1 heterocycles. The number of aliphatic hydroxyl groups excluding tert-OH is 1. The maximum Gasteiger partial charge on any atom is 0.0445 e. The predicted molar refractivity (Wildman–Crippen MR) is 69.6 cm³/mol. The van der Waals surface area contributed by atoms with Crippen LogP contribution < -0.4 is 5.73 Å². The number of likely N-dealkylation sites (tertiary alicyclic amines) is 1. The summed E-state index contributed by atoms with van der Waals surface area (Å²) in [4.78, 5) is 2.45. The van der Waals surface area contributed by atoms with Crippen LogP contribution >= 0.6 is 0 Å². The van der Waals surface area contributed by atoms with Gasteiger partial charge in [0, 0.05) is 31.8 Å². The van der Waals surface area contributed by atoms with Gasteiger partial charge in [0.2, 0.25) is 0 Å². The van der Waals surface area contributed by atoms with Crippen molar-refractivity contribution in [1.82, 2.24) is 4.90 Å². The fourth-order valence-corrected chi connectivity index (χ4v) is 2.61. The summed E-state index contributed by atoms with van der Waals surface area (Å²) in [5.41, 5.74) is 7.34.